The monoisotopic (exact) mass is 304 g/mol. The Kier molecular flexibility index (Phi) is 5.20. The Bertz CT molecular complexity index is 661. The number of hydrazone groups is 1. The number of carbonyl (C=O) groups excluding carboxylic acids is 1. The van der Waals surface area contributed by atoms with E-state index in [4.69, 9.17) is 0 Å². The molecule has 5 heteroatoms. The van der Waals surface area contributed by atoms with Crippen molar-refractivity contribution in [1.82, 2.24) is 5.01 Å². The molecule has 0 heterocycles. The third kappa shape index (κ3) is 4.10. The number of rotatable bonds is 3. The van der Waals surface area contributed by atoms with Crippen LogP contribution in [0, 0.1) is 11.6 Å². The Morgan fingerprint density at radius 3 is 2.55 bits per heavy atom. The lowest BCUT2D eigenvalue weighted by molar-refractivity contribution is -0.112. The van der Waals surface area contributed by atoms with E-state index in [2.05, 4.69) is 5.10 Å². The molecule has 0 bridgehead atoms. The molecule has 0 spiro atoms. The summed E-state index contributed by atoms with van der Waals surface area (Å²) < 4.78 is 26.2. The number of benzene rings is 1. The summed E-state index contributed by atoms with van der Waals surface area (Å²) in [7, 11) is 3.60. The van der Waals surface area contributed by atoms with Crippen molar-refractivity contribution >= 4 is 18.1 Å². The van der Waals surface area contributed by atoms with E-state index in [1.54, 1.807) is 37.5 Å². The number of nitrogens with zero attached hydrogens (tertiary/aromatic N) is 2. The van der Waals surface area contributed by atoms with Crippen molar-refractivity contribution < 1.29 is 13.6 Å². The van der Waals surface area contributed by atoms with Crippen molar-refractivity contribution in [3.05, 3.63) is 52.6 Å². The van der Waals surface area contributed by atoms with Gasteiger partial charge in [0.05, 0.1) is 0 Å². The van der Waals surface area contributed by atoms with Gasteiger partial charge in [-0.05, 0) is 49.1 Å². The summed E-state index contributed by atoms with van der Waals surface area (Å²) >= 11 is 0. The maximum Gasteiger partial charge on any atom is 0.185 e. The molecule has 1 saturated carbocycles. The fourth-order valence-corrected chi connectivity index (χ4v) is 2.26. The Balaban J connectivity index is 2.22. The van der Waals surface area contributed by atoms with Gasteiger partial charge in [-0.1, -0.05) is 6.07 Å². The molecule has 3 nitrogen and oxygen atoms in total. The standard InChI is InChI=1S/C17H18F2N2O/c1-21(2)20-9-8-13-4-3-5-14(17(13)22)10-12-6-7-15(18)16(19)11-12/h6-11H,3-5H2,1-2H3/b13-8+,14-10+,20-9-. The van der Waals surface area contributed by atoms with Crippen molar-refractivity contribution in [1.29, 1.82) is 0 Å². The SMILES string of the molecule is CN(C)/N=C\C=C1/CCC/C(=C\c2ccc(F)c(F)c2)C1=O. The molecule has 0 aliphatic heterocycles. The third-order valence-corrected chi connectivity index (χ3v) is 3.33. The average Bonchev–Trinajstić information content (AvgIpc) is 2.46. The maximum absolute atomic E-state index is 13.2. The van der Waals surface area contributed by atoms with Gasteiger partial charge in [0.25, 0.3) is 0 Å². The maximum atomic E-state index is 13.2. The van der Waals surface area contributed by atoms with Crippen LogP contribution in [0.15, 0.2) is 40.5 Å². The third-order valence-electron chi connectivity index (χ3n) is 3.33. The highest BCUT2D eigenvalue weighted by molar-refractivity contribution is 6.13. The van der Waals surface area contributed by atoms with Crippen molar-refractivity contribution in [2.75, 3.05) is 14.1 Å². The first-order chi connectivity index (χ1) is 10.5. The highest BCUT2D eigenvalue weighted by Crippen LogP contribution is 2.26. The first-order valence-electron chi connectivity index (χ1n) is 7.08. The Morgan fingerprint density at radius 1 is 1.14 bits per heavy atom. The number of halogens is 2. The quantitative estimate of drug-likeness (QED) is 0.486. The van der Waals surface area contributed by atoms with E-state index in [-0.39, 0.29) is 5.78 Å². The van der Waals surface area contributed by atoms with E-state index in [1.807, 2.05) is 0 Å². The average molecular weight is 304 g/mol. The molecule has 2 rings (SSSR count). The Labute approximate surface area is 128 Å². The smallest absolute Gasteiger partial charge is 0.185 e. The molecule has 0 atom stereocenters. The summed E-state index contributed by atoms with van der Waals surface area (Å²) in [6.07, 6.45) is 7.12. The first-order valence-corrected chi connectivity index (χ1v) is 7.08. The summed E-state index contributed by atoms with van der Waals surface area (Å²) in [6.45, 7) is 0. The van der Waals surface area contributed by atoms with Gasteiger partial charge in [0.1, 0.15) is 0 Å². The van der Waals surface area contributed by atoms with Crippen LogP contribution in [0.2, 0.25) is 0 Å². The van der Waals surface area contributed by atoms with Gasteiger partial charge in [-0.25, -0.2) is 8.78 Å². The number of hydrogen-bond acceptors (Lipinski definition) is 3. The summed E-state index contributed by atoms with van der Waals surface area (Å²) in [5.74, 6) is -1.86. The number of hydrogen-bond donors (Lipinski definition) is 0. The zero-order valence-corrected chi connectivity index (χ0v) is 12.6. The van der Waals surface area contributed by atoms with Gasteiger partial charge in [0.15, 0.2) is 17.4 Å². The van der Waals surface area contributed by atoms with Gasteiger partial charge in [-0.3, -0.25) is 4.79 Å². The molecule has 1 aromatic carbocycles. The van der Waals surface area contributed by atoms with Crippen molar-refractivity contribution in [2.24, 2.45) is 5.10 Å². The van der Waals surface area contributed by atoms with Gasteiger partial charge < -0.3 is 5.01 Å². The van der Waals surface area contributed by atoms with Crippen LogP contribution in [0.3, 0.4) is 0 Å². The zero-order chi connectivity index (χ0) is 16.1. The van der Waals surface area contributed by atoms with Gasteiger partial charge >= 0.3 is 0 Å². The number of carbonyl (C=O) groups is 1. The van der Waals surface area contributed by atoms with Crippen molar-refractivity contribution in [3.8, 4) is 0 Å². The van der Waals surface area contributed by atoms with Crippen molar-refractivity contribution in [2.45, 2.75) is 19.3 Å². The van der Waals surface area contributed by atoms with Crippen LogP contribution in [-0.4, -0.2) is 31.1 Å². The minimum atomic E-state index is -0.911. The molecule has 0 unspecified atom stereocenters. The van der Waals surface area contributed by atoms with E-state index in [0.717, 1.165) is 18.6 Å². The Hall–Kier alpha value is -2.30. The predicted molar refractivity (Wildman–Crippen MR) is 83.5 cm³/mol. The summed E-state index contributed by atoms with van der Waals surface area (Å²) in [5.41, 5.74) is 1.79. The molecule has 116 valence electrons. The first kappa shape index (κ1) is 16.1. The largest absolute Gasteiger partial charge is 0.303 e. The minimum Gasteiger partial charge on any atom is -0.303 e. The van der Waals surface area contributed by atoms with E-state index in [9.17, 15) is 13.6 Å². The molecule has 22 heavy (non-hydrogen) atoms. The van der Waals surface area contributed by atoms with E-state index in [0.29, 0.717) is 29.6 Å². The molecule has 0 aromatic heterocycles. The molecule has 0 saturated heterocycles. The predicted octanol–water partition coefficient (Wildman–Crippen LogP) is 3.58. The van der Waals surface area contributed by atoms with Crippen LogP contribution in [0.4, 0.5) is 8.78 Å². The topological polar surface area (TPSA) is 32.7 Å². The van der Waals surface area contributed by atoms with Crippen LogP contribution in [0.5, 0.6) is 0 Å². The van der Waals surface area contributed by atoms with Crippen LogP contribution < -0.4 is 0 Å². The van der Waals surface area contributed by atoms with Crippen LogP contribution in [-0.2, 0) is 4.79 Å². The van der Waals surface area contributed by atoms with E-state index < -0.39 is 11.6 Å². The zero-order valence-electron chi connectivity index (χ0n) is 12.6. The molecule has 1 aromatic rings. The number of ketones is 1. The molecular formula is C17H18F2N2O. The molecule has 1 aliphatic rings. The lowest BCUT2D eigenvalue weighted by Crippen LogP contribution is -2.13. The van der Waals surface area contributed by atoms with Crippen LogP contribution in [0.1, 0.15) is 24.8 Å². The number of Topliss-reactive ketones (excluding diaryl/α,β-unsaturated/α-hetero) is 1. The lowest BCUT2D eigenvalue weighted by atomic mass is 9.87. The van der Waals surface area contributed by atoms with Crippen LogP contribution in [0.25, 0.3) is 6.08 Å². The second-order valence-corrected chi connectivity index (χ2v) is 5.33. The Morgan fingerprint density at radius 2 is 1.86 bits per heavy atom. The summed E-state index contributed by atoms with van der Waals surface area (Å²) in [5, 5.41) is 5.69. The second-order valence-electron chi connectivity index (χ2n) is 5.33. The molecule has 0 N–H and O–H groups in total. The van der Waals surface area contributed by atoms with Gasteiger partial charge in [-0.15, -0.1) is 0 Å². The molecule has 1 fully saturated rings. The summed E-state index contributed by atoms with van der Waals surface area (Å²) in [4.78, 5) is 12.4. The molecule has 0 radical (unpaired) electrons. The van der Waals surface area contributed by atoms with Gasteiger partial charge in [0, 0.05) is 31.5 Å². The normalized spacial score (nSPS) is 19.4. The molecule has 0 amide bonds. The van der Waals surface area contributed by atoms with Crippen molar-refractivity contribution in [3.63, 3.8) is 0 Å². The lowest BCUT2D eigenvalue weighted by Gasteiger charge is -2.16. The highest BCUT2D eigenvalue weighted by Gasteiger charge is 2.20. The van der Waals surface area contributed by atoms with E-state index in [1.165, 1.54) is 6.07 Å². The highest BCUT2D eigenvalue weighted by atomic mass is 19.2. The second kappa shape index (κ2) is 7.11. The fraction of sp³-hybridized carbons (Fsp3) is 0.294. The molecule has 1 aliphatic carbocycles. The van der Waals surface area contributed by atoms with Gasteiger partial charge in [0.2, 0.25) is 0 Å². The fourth-order valence-electron chi connectivity index (χ4n) is 2.26. The minimum absolute atomic E-state index is 0.0545. The van der Waals surface area contributed by atoms with E-state index >= 15 is 0 Å². The number of allylic oxidation sites excluding steroid dienone is 3. The van der Waals surface area contributed by atoms with Gasteiger partial charge in [-0.2, -0.15) is 5.10 Å². The molecular weight excluding hydrogens is 286 g/mol. The van der Waals surface area contributed by atoms with Crippen LogP contribution >= 0.6 is 0 Å². The summed E-state index contributed by atoms with van der Waals surface area (Å²) in [6, 6.07) is 3.63.